The van der Waals surface area contributed by atoms with E-state index in [-0.39, 0.29) is 115 Å². The Bertz CT molecular complexity index is 3110. The summed E-state index contributed by atoms with van der Waals surface area (Å²) in [6.45, 7) is 10.0. The van der Waals surface area contributed by atoms with E-state index in [1.54, 1.807) is 42.5 Å². The molecule has 26 heteroatoms. The largest absolute Gasteiger partial charge is 0.508 e. The highest BCUT2D eigenvalue weighted by Crippen LogP contribution is 2.68. The number of aliphatic hydroxyl groups excluding tert-OH is 2. The van der Waals surface area contributed by atoms with Gasteiger partial charge >= 0.3 is 12.0 Å². The monoisotopic (exact) mass is 1410 g/mol. The van der Waals surface area contributed by atoms with Crippen LogP contribution in [0.4, 0.5) is 4.79 Å². The van der Waals surface area contributed by atoms with Crippen LogP contribution >= 0.6 is 11.8 Å². The van der Waals surface area contributed by atoms with Gasteiger partial charge in [0, 0.05) is 43.4 Å². The van der Waals surface area contributed by atoms with Gasteiger partial charge in [0.05, 0.1) is 43.4 Å². The van der Waals surface area contributed by atoms with Crippen LogP contribution in [0.3, 0.4) is 0 Å². The number of carboxylic acids is 1. The van der Waals surface area contributed by atoms with Gasteiger partial charge in [-0.05, 0) is 198 Å². The number of aromatic hydroxyl groups is 1. The minimum Gasteiger partial charge on any atom is -0.508 e. The number of hydrogen-bond acceptors (Lipinski definition) is 15. The molecule has 6 fully saturated rings. The zero-order chi connectivity index (χ0) is 72.3. The normalized spacial score (nSPS) is 27.5. The number of urea groups is 1. The number of nitrogens with one attached hydrogen (secondary N) is 10. The van der Waals surface area contributed by atoms with Gasteiger partial charge < -0.3 is 79.3 Å². The fourth-order valence-corrected chi connectivity index (χ4v) is 19.0. The number of rotatable bonds is 38. The van der Waals surface area contributed by atoms with Gasteiger partial charge in [-0.2, -0.15) is 11.8 Å². The first-order valence-corrected chi connectivity index (χ1v) is 37.9. The Kier molecular flexibility index (Phi) is 29.3. The van der Waals surface area contributed by atoms with Crippen LogP contribution in [0.25, 0.3) is 0 Å². The second-order valence-corrected chi connectivity index (χ2v) is 31.7. The van der Waals surface area contributed by atoms with E-state index in [0.29, 0.717) is 91.5 Å². The summed E-state index contributed by atoms with van der Waals surface area (Å²) in [7, 11) is 0. The Hall–Kier alpha value is -7.03. The fraction of sp³-hybridized carbons (Fsp3) is 0.703. The number of benzene rings is 2. The number of carbonyl (C=O) groups excluding carboxylic acids is 9. The predicted octanol–water partition coefficient (Wildman–Crippen LogP) is 4.51. The van der Waals surface area contributed by atoms with Crippen molar-refractivity contribution in [2.24, 2.45) is 58.0 Å². The molecule has 0 spiro atoms. The summed E-state index contributed by atoms with van der Waals surface area (Å²) in [5.74, 6) is -2.68. The Labute approximate surface area is 593 Å². The molecule has 2 aromatic rings. The Morgan fingerprint density at radius 1 is 0.620 bits per heavy atom. The van der Waals surface area contributed by atoms with E-state index >= 15 is 0 Å². The smallest absolute Gasteiger partial charge is 0.326 e. The van der Waals surface area contributed by atoms with Gasteiger partial charge in [0.15, 0.2) is 0 Å². The van der Waals surface area contributed by atoms with Crippen LogP contribution in [0, 0.1) is 52.3 Å². The molecule has 18 atom stereocenters. The van der Waals surface area contributed by atoms with Crippen molar-refractivity contribution in [2.45, 2.75) is 242 Å². The predicted molar refractivity (Wildman–Crippen MR) is 379 cm³/mol. The number of aliphatic hydroxyl groups is 2. The maximum Gasteiger partial charge on any atom is 0.326 e. The highest BCUT2D eigenvalue weighted by Gasteiger charge is 2.64. The van der Waals surface area contributed by atoms with E-state index in [1.807, 2.05) is 25.6 Å². The molecule has 0 aromatic heterocycles. The van der Waals surface area contributed by atoms with Crippen molar-refractivity contribution in [2.75, 3.05) is 31.9 Å². The molecule has 2 unspecified atom stereocenters. The van der Waals surface area contributed by atoms with Crippen molar-refractivity contribution >= 4 is 71.0 Å². The van der Waals surface area contributed by atoms with Gasteiger partial charge in [0.1, 0.15) is 29.9 Å². The van der Waals surface area contributed by atoms with Gasteiger partial charge in [-0.25, -0.2) is 9.59 Å². The van der Waals surface area contributed by atoms with Gasteiger partial charge in [0.2, 0.25) is 47.3 Å². The summed E-state index contributed by atoms with van der Waals surface area (Å²) < 4.78 is 0. The van der Waals surface area contributed by atoms with Gasteiger partial charge in [-0.15, -0.1) is 0 Å². The van der Waals surface area contributed by atoms with Crippen LogP contribution in [0.15, 0.2) is 54.6 Å². The molecular formula is C74H113N11O14S. The number of unbranched alkanes of at least 4 members (excludes halogenated alkanes) is 3. The third-order valence-electron chi connectivity index (χ3n) is 23.0. The molecule has 8 rings (SSSR count). The van der Waals surface area contributed by atoms with Crippen molar-refractivity contribution in [3.8, 4) is 5.75 Å². The quantitative estimate of drug-likeness (QED) is 0.0325. The van der Waals surface area contributed by atoms with E-state index in [2.05, 4.69) is 73.9 Å². The lowest BCUT2D eigenvalue weighted by Gasteiger charge is -2.62. The molecule has 0 bridgehead atoms. The van der Waals surface area contributed by atoms with E-state index in [9.17, 15) is 68.4 Å². The molecule has 10 amide bonds. The average molecular weight is 1410 g/mol. The molecule has 16 N–H and O–H groups in total. The van der Waals surface area contributed by atoms with Crippen LogP contribution < -0.4 is 58.9 Å². The first kappa shape index (κ1) is 78.7. The molecule has 554 valence electrons. The van der Waals surface area contributed by atoms with Crippen molar-refractivity contribution in [3.05, 3.63) is 65.7 Å². The molecule has 4 saturated carbocycles. The third-order valence-corrected chi connectivity index (χ3v) is 24.5. The number of fused-ring (bicyclic) bond motifs is 6. The minimum atomic E-state index is -1.29. The molecule has 25 nitrogen and oxygen atoms in total. The number of amides is 10. The molecule has 100 heavy (non-hydrogen) atoms. The zero-order valence-corrected chi connectivity index (χ0v) is 60.0. The van der Waals surface area contributed by atoms with Gasteiger partial charge in [0.25, 0.3) is 0 Å². The summed E-state index contributed by atoms with van der Waals surface area (Å²) in [6.07, 6.45) is 12.3. The number of carbonyl (C=O) groups is 10. The van der Waals surface area contributed by atoms with E-state index in [4.69, 9.17) is 5.73 Å². The molecule has 6 aliphatic rings. The summed E-state index contributed by atoms with van der Waals surface area (Å²) >= 11 is 1.83. The lowest BCUT2D eigenvalue weighted by Crippen LogP contribution is -2.58. The maximum atomic E-state index is 14.3. The minimum absolute atomic E-state index is 0.0407. The van der Waals surface area contributed by atoms with Crippen molar-refractivity contribution in [1.82, 2.24) is 53.2 Å². The van der Waals surface area contributed by atoms with E-state index in [0.717, 1.165) is 70.0 Å². The second-order valence-electron chi connectivity index (χ2n) is 30.4. The van der Waals surface area contributed by atoms with Crippen molar-refractivity contribution in [3.63, 3.8) is 0 Å². The van der Waals surface area contributed by atoms with Crippen LogP contribution in [-0.2, 0) is 56.0 Å². The topological polar surface area (TPSA) is 398 Å². The zero-order valence-electron chi connectivity index (χ0n) is 59.2. The molecule has 2 aromatic carbocycles. The average Bonchev–Trinajstić information content (AvgIpc) is 1.36. The number of phenolic OH excluding ortho intramolecular Hbond substituents is 1. The molecule has 4 aliphatic carbocycles. The molecule has 2 heterocycles. The number of aliphatic carboxylic acids is 1. The standard InChI is InChI=1S/C74H113N11O14S/c1-43(2)35-57(83-70(96)58(37-45-15-7-6-8-16-45)81-65(92)41-78-64(91)40-79-67(93)54(75)36-46-22-25-48(86)26-23-46)68(94)77-34-14-11-17-55(69(95)82-56(71(97)98)18-12-13-33-76-62(89)20-10-9-19-60-66-59(42-100-60)84-72(99)85-66)80-63(90)30-21-44(3)51-28-29-52-50-27-24-47-38-49(87)31-32-73(47,4)53(50)39-61(88)74(51,52)5/h6-8,15-16,22-23,25-26,43-44,47,49-61,66,86-88H,9-14,17-21,24,27-42,75H2,1-5H3,(H,76,89)(H,77,94)(H,78,91)(H,79,93)(H,80,90)(H,81,92)(H,82,95)(H,83,96)(H,97,98)(H2,84,85,99)/t44-,47+,49+,50-,51+,52-,53-,54-,55-,56?,57?,58-,59-,60-,61-,66-,73-,74+/m0/s1. The molecule has 0 radical (unpaired) electrons. The van der Waals surface area contributed by atoms with Crippen LogP contribution in [0.1, 0.15) is 181 Å². The Morgan fingerprint density at radius 3 is 2.01 bits per heavy atom. The Balaban J connectivity index is 0.830. The molecule has 2 saturated heterocycles. The van der Waals surface area contributed by atoms with Gasteiger partial charge in [-0.1, -0.05) is 83.5 Å². The highest BCUT2D eigenvalue weighted by atomic mass is 32.2. The lowest BCUT2D eigenvalue weighted by atomic mass is 9.43. The third kappa shape index (κ3) is 21.8. The van der Waals surface area contributed by atoms with Crippen LogP contribution in [0.5, 0.6) is 5.75 Å². The van der Waals surface area contributed by atoms with Crippen LogP contribution in [-0.4, -0.2) is 171 Å². The highest BCUT2D eigenvalue weighted by molar-refractivity contribution is 8.00. The lowest BCUT2D eigenvalue weighted by molar-refractivity contribution is -0.175. The summed E-state index contributed by atoms with van der Waals surface area (Å²) in [5, 5.41) is 70.8. The molecular weight excluding hydrogens is 1300 g/mol. The number of hydrogen-bond donors (Lipinski definition) is 15. The number of phenols is 1. The Morgan fingerprint density at radius 2 is 1.29 bits per heavy atom. The van der Waals surface area contributed by atoms with E-state index in [1.165, 1.54) is 12.1 Å². The fourth-order valence-electron chi connectivity index (χ4n) is 17.5. The van der Waals surface area contributed by atoms with Gasteiger partial charge in [-0.3, -0.25) is 38.4 Å². The number of thioether (sulfide) groups is 1. The van der Waals surface area contributed by atoms with Crippen molar-refractivity contribution < 1.29 is 68.4 Å². The van der Waals surface area contributed by atoms with Crippen LogP contribution in [0.2, 0.25) is 0 Å². The first-order chi connectivity index (χ1) is 47.7. The molecule has 2 aliphatic heterocycles. The maximum absolute atomic E-state index is 14.3. The number of carboxylic acid groups (broad SMARTS) is 1. The summed E-state index contributed by atoms with van der Waals surface area (Å²) in [5.41, 5.74) is 7.22. The summed E-state index contributed by atoms with van der Waals surface area (Å²) in [6, 6.07) is 9.60. The first-order valence-electron chi connectivity index (χ1n) is 36.8. The SMILES string of the molecule is CC(C)CC(NC(=O)[C@H](Cc1ccccc1)NC(=O)CNC(=O)CNC(=O)[C@@H](N)Cc1ccc(O)cc1)C(=O)NCCCC[C@H](NC(=O)CC[C@H](C)[C@H]1CC[C@H]2[C@@H]3CC[C@@H]4C[C@H](O)CC[C@]4(C)[C@H]3C[C@H](O)[C@]12C)C(=O)NC(CCCCNC(=O)CCCC[C@@H]1SC[C@@H]2NC(=O)N[C@@H]21)C(=O)O. The summed E-state index contributed by atoms with van der Waals surface area (Å²) in [4.78, 5) is 133. The van der Waals surface area contributed by atoms with Crippen molar-refractivity contribution in [1.29, 1.82) is 0 Å². The number of nitrogens with two attached hydrogens (primary N) is 1. The second kappa shape index (κ2) is 37.2. The van der Waals surface area contributed by atoms with E-state index < -0.39 is 90.8 Å².